The summed E-state index contributed by atoms with van der Waals surface area (Å²) in [6, 6.07) is 7.84. The molecule has 14 heteroatoms. The van der Waals surface area contributed by atoms with Crippen molar-refractivity contribution in [2.45, 2.75) is 39.2 Å². The van der Waals surface area contributed by atoms with Gasteiger partial charge in [0.1, 0.15) is 6.04 Å². The van der Waals surface area contributed by atoms with Gasteiger partial charge in [-0.1, -0.05) is 24.3 Å². The highest BCUT2D eigenvalue weighted by atomic mass is 19.4. The minimum absolute atomic E-state index is 0.0314. The molecular weight excluding hydrogens is 584 g/mol. The summed E-state index contributed by atoms with van der Waals surface area (Å²) in [4.78, 5) is 41.4. The average Bonchev–Trinajstić information content (AvgIpc) is 2.92. The number of ether oxygens (including phenoxy) is 2. The number of aromatic nitrogens is 1. The Morgan fingerprint density at radius 2 is 1.30 bits per heavy atom. The number of amides is 2. The van der Waals surface area contributed by atoms with Crippen LogP contribution in [0.3, 0.4) is 0 Å². The summed E-state index contributed by atoms with van der Waals surface area (Å²) in [6.07, 6.45) is -8.03. The number of alkyl halides is 6. The number of carbonyl (C=O) groups excluding carboxylic acids is 3. The van der Waals surface area contributed by atoms with E-state index in [9.17, 15) is 40.7 Å². The maximum absolute atomic E-state index is 13.1. The highest BCUT2D eigenvalue weighted by Gasteiger charge is 2.32. The van der Waals surface area contributed by atoms with Gasteiger partial charge in [-0.25, -0.2) is 4.98 Å². The zero-order valence-electron chi connectivity index (χ0n) is 23.1. The lowest BCUT2D eigenvalue weighted by Gasteiger charge is -2.19. The molecule has 0 bridgehead atoms. The van der Waals surface area contributed by atoms with Gasteiger partial charge in [0.15, 0.2) is 11.4 Å². The van der Waals surface area contributed by atoms with Crippen LogP contribution in [-0.4, -0.2) is 35.9 Å². The Labute approximate surface area is 241 Å². The van der Waals surface area contributed by atoms with Crippen molar-refractivity contribution in [2.75, 3.05) is 7.11 Å². The number of nitrogens with zero attached hydrogens (tertiary/aromatic N) is 1. The molecule has 0 unspecified atom stereocenters. The second kappa shape index (κ2) is 13.0. The number of hydrogen-bond acceptors (Lipinski definition) is 6. The molecule has 0 aliphatic heterocycles. The van der Waals surface area contributed by atoms with Crippen LogP contribution < -0.4 is 20.1 Å². The largest absolute Gasteiger partial charge is 0.493 e. The Hall–Kier alpha value is -4.88. The van der Waals surface area contributed by atoms with Gasteiger partial charge in [-0.3, -0.25) is 14.4 Å². The SMILES string of the molecule is COc1ccnc(C(=O)N[C@@H](C)C(=O)NC(C)=C(c2ccc(C(F)(F)F)cc2)c2ccc(C(F)(F)F)cc2)c1OC(C)=O. The third-order valence-electron chi connectivity index (χ3n) is 5.98. The van der Waals surface area contributed by atoms with E-state index in [1.807, 2.05) is 0 Å². The number of methoxy groups -OCH3 is 1. The maximum Gasteiger partial charge on any atom is 0.416 e. The van der Waals surface area contributed by atoms with Gasteiger partial charge in [-0.15, -0.1) is 0 Å². The molecule has 8 nitrogen and oxygen atoms in total. The fourth-order valence-electron chi connectivity index (χ4n) is 3.93. The van der Waals surface area contributed by atoms with Crippen molar-refractivity contribution in [1.29, 1.82) is 0 Å². The predicted molar refractivity (Wildman–Crippen MR) is 142 cm³/mol. The van der Waals surface area contributed by atoms with Crippen LogP contribution in [0.1, 0.15) is 53.5 Å². The summed E-state index contributed by atoms with van der Waals surface area (Å²) in [5.41, 5.74) is -1.67. The van der Waals surface area contributed by atoms with E-state index in [1.165, 1.54) is 33.2 Å². The first-order valence-corrected chi connectivity index (χ1v) is 12.4. The minimum Gasteiger partial charge on any atom is -0.493 e. The molecule has 0 aliphatic rings. The van der Waals surface area contributed by atoms with Crippen LogP contribution in [0.4, 0.5) is 26.3 Å². The lowest BCUT2D eigenvalue weighted by Crippen LogP contribution is -2.44. The van der Waals surface area contributed by atoms with Crippen molar-refractivity contribution >= 4 is 23.4 Å². The zero-order valence-corrected chi connectivity index (χ0v) is 23.1. The number of pyridine rings is 1. The van der Waals surface area contributed by atoms with Crippen molar-refractivity contribution in [3.05, 3.63) is 94.4 Å². The van der Waals surface area contributed by atoms with Crippen molar-refractivity contribution < 1.29 is 50.2 Å². The summed E-state index contributed by atoms with van der Waals surface area (Å²) in [7, 11) is 1.28. The molecule has 2 N–H and O–H groups in total. The van der Waals surface area contributed by atoms with E-state index in [-0.39, 0.29) is 39.6 Å². The average molecular weight is 610 g/mol. The van der Waals surface area contributed by atoms with E-state index >= 15 is 0 Å². The molecule has 2 amide bonds. The van der Waals surface area contributed by atoms with Crippen molar-refractivity contribution in [3.8, 4) is 11.5 Å². The van der Waals surface area contributed by atoms with Gasteiger partial charge >= 0.3 is 18.3 Å². The summed E-state index contributed by atoms with van der Waals surface area (Å²) >= 11 is 0. The van der Waals surface area contributed by atoms with Crippen LogP contribution in [0.5, 0.6) is 11.5 Å². The first-order chi connectivity index (χ1) is 20.0. The predicted octanol–water partition coefficient (Wildman–Crippen LogP) is 5.77. The number of halogens is 6. The molecule has 1 atom stereocenters. The van der Waals surface area contributed by atoms with Gasteiger partial charge in [0, 0.05) is 30.5 Å². The fourth-order valence-corrected chi connectivity index (χ4v) is 3.93. The van der Waals surface area contributed by atoms with Gasteiger partial charge in [0.2, 0.25) is 11.7 Å². The second-order valence-electron chi connectivity index (χ2n) is 9.12. The second-order valence-corrected chi connectivity index (χ2v) is 9.12. The Morgan fingerprint density at radius 3 is 1.72 bits per heavy atom. The molecular formula is C29H25F6N3O5. The van der Waals surface area contributed by atoms with Crippen molar-refractivity contribution in [3.63, 3.8) is 0 Å². The van der Waals surface area contributed by atoms with E-state index in [1.54, 1.807) is 0 Å². The normalized spacial score (nSPS) is 12.1. The number of allylic oxidation sites excluding steroid dienone is 1. The number of rotatable bonds is 8. The van der Waals surface area contributed by atoms with Gasteiger partial charge in [0.25, 0.3) is 5.91 Å². The monoisotopic (exact) mass is 609 g/mol. The van der Waals surface area contributed by atoms with Crippen LogP contribution >= 0.6 is 0 Å². The van der Waals surface area contributed by atoms with E-state index in [2.05, 4.69) is 15.6 Å². The number of carbonyl (C=O) groups is 3. The topological polar surface area (TPSA) is 107 Å². The zero-order chi connectivity index (χ0) is 32.1. The lowest BCUT2D eigenvalue weighted by atomic mass is 9.94. The molecule has 1 aromatic heterocycles. The molecule has 1 heterocycles. The van der Waals surface area contributed by atoms with Gasteiger partial charge in [0.05, 0.1) is 18.2 Å². The number of nitrogens with one attached hydrogen (secondary N) is 2. The fraction of sp³-hybridized carbons (Fsp3) is 0.241. The van der Waals surface area contributed by atoms with Crippen LogP contribution in [0.2, 0.25) is 0 Å². The van der Waals surface area contributed by atoms with Crippen molar-refractivity contribution in [2.24, 2.45) is 0 Å². The third kappa shape index (κ3) is 8.11. The third-order valence-corrected chi connectivity index (χ3v) is 5.98. The van der Waals surface area contributed by atoms with E-state index in [0.29, 0.717) is 0 Å². The van der Waals surface area contributed by atoms with E-state index in [0.717, 1.165) is 55.5 Å². The molecule has 0 fully saturated rings. The molecule has 0 spiro atoms. The lowest BCUT2D eigenvalue weighted by molar-refractivity contribution is -0.138. The standard InChI is InChI=1S/C29H25F6N3O5/c1-15(37-26(40)16(2)38-27(41)24-25(43-17(3)39)22(42-4)13-14-36-24)23(18-5-9-20(10-6-18)28(30,31)32)19-7-11-21(12-8-19)29(33,34)35/h5-14,16H,1-4H3,(H,37,40)(H,38,41)/t16-/m0/s1. The van der Waals surface area contributed by atoms with Crippen molar-refractivity contribution in [1.82, 2.24) is 15.6 Å². The molecule has 0 saturated carbocycles. The summed E-state index contributed by atoms with van der Waals surface area (Å²) in [5, 5.41) is 4.94. The van der Waals surface area contributed by atoms with Gasteiger partial charge in [-0.05, 0) is 49.2 Å². The molecule has 0 radical (unpaired) electrons. The molecule has 43 heavy (non-hydrogen) atoms. The smallest absolute Gasteiger partial charge is 0.416 e. The summed E-state index contributed by atoms with van der Waals surface area (Å²) < 4.78 is 88.9. The Bertz CT molecular complexity index is 1470. The minimum atomic E-state index is -4.62. The Kier molecular flexibility index (Phi) is 9.84. The van der Waals surface area contributed by atoms with E-state index in [4.69, 9.17) is 9.47 Å². The molecule has 0 aliphatic carbocycles. The highest BCUT2D eigenvalue weighted by Crippen LogP contribution is 2.34. The maximum atomic E-state index is 13.1. The number of benzene rings is 2. The Morgan fingerprint density at radius 1 is 0.814 bits per heavy atom. The highest BCUT2D eigenvalue weighted by molar-refractivity contribution is 5.99. The molecule has 3 rings (SSSR count). The first kappa shape index (κ1) is 32.6. The van der Waals surface area contributed by atoms with Gasteiger partial charge < -0.3 is 20.1 Å². The van der Waals surface area contributed by atoms with Crippen LogP contribution in [0.25, 0.3) is 5.57 Å². The van der Waals surface area contributed by atoms with Crippen LogP contribution in [-0.2, 0) is 21.9 Å². The summed E-state index contributed by atoms with van der Waals surface area (Å²) in [5.74, 6) is -2.68. The number of hydrogen-bond donors (Lipinski definition) is 2. The first-order valence-electron chi connectivity index (χ1n) is 12.4. The van der Waals surface area contributed by atoms with Crippen LogP contribution in [0.15, 0.2) is 66.5 Å². The summed E-state index contributed by atoms with van der Waals surface area (Å²) in [6.45, 7) is 3.83. The molecule has 228 valence electrons. The van der Waals surface area contributed by atoms with Gasteiger partial charge in [-0.2, -0.15) is 26.3 Å². The Balaban J connectivity index is 1.94. The van der Waals surface area contributed by atoms with Crippen LogP contribution in [0, 0.1) is 0 Å². The molecule has 3 aromatic rings. The molecule has 2 aromatic carbocycles. The van der Waals surface area contributed by atoms with E-state index < -0.39 is 47.3 Å². The number of esters is 1. The molecule has 0 saturated heterocycles. The quantitative estimate of drug-likeness (QED) is 0.248.